The highest BCUT2D eigenvalue weighted by Crippen LogP contribution is 2.23. The van der Waals surface area contributed by atoms with E-state index in [4.69, 9.17) is 20.8 Å². The molecule has 0 spiro atoms. The molecule has 0 aliphatic carbocycles. The van der Waals surface area contributed by atoms with E-state index in [2.05, 4.69) is 4.99 Å². The molecule has 0 saturated carbocycles. The lowest BCUT2D eigenvalue weighted by Gasteiger charge is -2.04. The molecule has 4 aromatic carbocycles. The summed E-state index contributed by atoms with van der Waals surface area (Å²) in [6.07, 6.45) is 0. The lowest BCUT2D eigenvalue weighted by molar-refractivity contribution is -0.400. The number of benzene rings is 4. The Morgan fingerprint density at radius 3 is 2.12 bits per heavy atom. The van der Waals surface area contributed by atoms with Crippen LogP contribution >= 0.6 is 11.6 Å². The number of carbonyl (C=O) groups excluding carboxylic acids is 1. The summed E-state index contributed by atoms with van der Waals surface area (Å²) in [4.78, 5) is 26.0. The van der Waals surface area contributed by atoms with Gasteiger partial charge in [-0.25, -0.2) is 9.79 Å². The smallest absolute Gasteiger partial charge is 0.456 e. The van der Waals surface area contributed by atoms with Gasteiger partial charge in [0.05, 0.1) is 21.9 Å². The van der Waals surface area contributed by atoms with Crippen LogP contribution < -0.4 is 15.1 Å². The first kappa shape index (κ1) is 29.0. The molecule has 7 nitrogen and oxygen atoms in total. The van der Waals surface area contributed by atoms with Crippen molar-refractivity contribution in [3.05, 3.63) is 129 Å². The van der Waals surface area contributed by atoms with Gasteiger partial charge in [-0.3, -0.25) is 10.1 Å². The summed E-state index contributed by atoms with van der Waals surface area (Å²) < 4.78 is 50.5. The third-order valence-electron chi connectivity index (χ3n) is 5.44. The Hall–Kier alpha value is -4.97. The van der Waals surface area contributed by atoms with Gasteiger partial charge in [0, 0.05) is 34.9 Å². The number of nitro groups is 1. The third kappa shape index (κ3) is 8.26. The fourth-order valence-corrected chi connectivity index (χ4v) is 3.83. The first-order valence-corrected chi connectivity index (χ1v) is 12.2. The number of fused-ring (bicyclic) bond motifs is 1. The normalized spacial score (nSPS) is 11.5. The van der Waals surface area contributed by atoms with Crippen molar-refractivity contribution in [3.8, 4) is 17.1 Å². The van der Waals surface area contributed by atoms with Gasteiger partial charge in [0.25, 0.3) is 5.69 Å². The number of nitrogens with one attached hydrogen (secondary N) is 1. The van der Waals surface area contributed by atoms with Crippen molar-refractivity contribution in [2.45, 2.75) is 0 Å². The molecule has 0 atom stereocenters. The van der Waals surface area contributed by atoms with Crippen LogP contribution in [0.4, 0.5) is 28.6 Å². The van der Waals surface area contributed by atoms with E-state index in [1.807, 2.05) is 48.5 Å². The van der Waals surface area contributed by atoms with Crippen LogP contribution in [0.25, 0.3) is 22.3 Å². The molecule has 13 heteroatoms. The van der Waals surface area contributed by atoms with Gasteiger partial charge in [-0.15, -0.1) is 0 Å². The minimum atomic E-state index is -6.00. The van der Waals surface area contributed by atoms with Gasteiger partial charge >= 0.3 is 13.2 Å². The molecule has 1 heterocycles. The van der Waals surface area contributed by atoms with E-state index in [9.17, 15) is 32.2 Å². The Morgan fingerprint density at radius 1 is 0.878 bits per heavy atom. The number of rotatable bonds is 5. The lowest BCUT2D eigenvalue weighted by atomic mass is 10.1. The zero-order chi connectivity index (χ0) is 29.6. The molecule has 0 amide bonds. The largest absolute Gasteiger partial charge is 0.673 e. The number of ether oxygens (including phenoxy) is 1. The number of hydrogen-bond acceptors (Lipinski definition) is 5. The second-order valence-electron chi connectivity index (χ2n) is 8.37. The number of nitro benzene ring substituents is 1. The van der Waals surface area contributed by atoms with Crippen molar-refractivity contribution in [1.29, 1.82) is 0 Å². The summed E-state index contributed by atoms with van der Waals surface area (Å²) in [6, 6.07) is 29.2. The highest BCUT2D eigenvalue weighted by Gasteiger charge is 2.20. The van der Waals surface area contributed by atoms with Crippen LogP contribution in [0.5, 0.6) is 5.75 Å². The van der Waals surface area contributed by atoms with E-state index in [1.165, 1.54) is 24.3 Å². The number of hydrogen-bond donors (Lipinski definition) is 1. The summed E-state index contributed by atoms with van der Waals surface area (Å²) in [5.41, 5.74) is 2.49. The quantitative estimate of drug-likeness (QED) is 0.0636. The second kappa shape index (κ2) is 12.5. The molecule has 0 aliphatic rings. The Morgan fingerprint density at radius 2 is 1.51 bits per heavy atom. The molecule has 208 valence electrons. The average molecular weight is 585 g/mol. The van der Waals surface area contributed by atoms with E-state index in [0.29, 0.717) is 22.1 Å². The monoisotopic (exact) mass is 584 g/mol. The van der Waals surface area contributed by atoms with Crippen molar-refractivity contribution in [3.63, 3.8) is 0 Å². The third-order valence-corrected chi connectivity index (χ3v) is 5.68. The number of halogens is 5. The van der Waals surface area contributed by atoms with Crippen LogP contribution in [0.3, 0.4) is 0 Å². The molecule has 1 N–H and O–H groups in total. The van der Waals surface area contributed by atoms with Gasteiger partial charge in [0.15, 0.2) is 0 Å². The lowest BCUT2D eigenvalue weighted by Crippen LogP contribution is -2.70. The molecule has 5 aromatic rings. The SMILES string of the molecule is F[B-](F)(F)F.O=C(Oc1ccc([NH+]=c2cc(-c3ccccc3)oc3ccc(Cl)cc23)cc1)c1ccc([N+](=O)[O-])cc1. The maximum absolute atomic E-state index is 12.4. The molecular formula is C28H18BClF4N2O5. The maximum Gasteiger partial charge on any atom is 0.673 e. The van der Waals surface area contributed by atoms with E-state index in [-0.39, 0.29) is 11.3 Å². The average Bonchev–Trinajstić information content (AvgIpc) is 2.94. The number of esters is 1. The van der Waals surface area contributed by atoms with Crippen LogP contribution in [0, 0.1) is 10.1 Å². The fourth-order valence-electron chi connectivity index (χ4n) is 3.65. The minimum Gasteiger partial charge on any atom is -0.456 e. The van der Waals surface area contributed by atoms with Crippen LogP contribution in [-0.2, 0) is 0 Å². The van der Waals surface area contributed by atoms with E-state index < -0.39 is 18.1 Å². The molecule has 0 bridgehead atoms. The van der Waals surface area contributed by atoms with Crippen molar-refractivity contribution < 1.29 is 41.1 Å². The Labute approximate surface area is 234 Å². The molecule has 41 heavy (non-hydrogen) atoms. The van der Waals surface area contributed by atoms with E-state index >= 15 is 0 Å². The van der Waals surface area contributed by atoms with E-state index in [0.717, 1.165) is 22.0 Å². The molecule has 0 aliphatic heterocycles. The zero-order valence-electron chi connectivity index (χ0n) is 20.8. The predicted octanol–water partition coefficient (Wildman–Crippen LogP) is 6.49. The first-order chi connectivity index (χ1) is 19.5. The molecule has 0 saturated heterocycles. The molecule has 0 radical (unpaired) electrons. The first-order valence-electron chi connectivity index (χ1n) is 11.8. The van der Waals surface area contributed by atoms with Gasteiger partial charge < -0.3 is 26.4 Å². The van der Waals surface area contributed by atoms with Crippen LogP contribution in [0.2, 0.25) is 5.02 Å². The summed E-state index contributed by atoms with van der Waals surface area (Å²) >= 11 is 6.24. The molecule has 1 aromatic heterocycles. The summed E-state index contributed by atoms with van der Waals surface area (Å²) in [5, 5.41) is 13.0. The van der Waals surface area contributed by atoms with Crippen LogP contribution in [0.15, 0.2) is 108 Å². The van der Waals surface area contributed by atoms with Crippen LogP contribution in [-0.4, -0.2) is 18.1 Å². The van der Waals surface area contributed by atoms with Crippen molar-refractivity contribution in [2.75, 3.05) is 0 Å². The Bertz CT molecular complexity index is 1760. The minimum absolute atomic E-state index is 0.0973. The van der Waals surface area contributed by atoms with Gasteiger partial charge in [-0.1, -0.05) is 41.9 Å². The predicted molar refractivity (Wildman–Crippen MR) is 145 cm³/mol. The zero-order valence-corrected chi connectivity index (χ0v) is 21.5. The van der Waals surface area contributed by atoms with Gasteiger partial charge in [-0.2, -0.15) is 0 Å². The van der Waals surface area contributed by atoms with Crippen molar-refractivity contribution >= 4 is 47.2 Å². The standard InChI is InChI=1S/C28H17ClN2O5.BF4/c29-20-8-15-26-24(16-20)25(17-27(36-26)18-4-2-1-3-5-18)30-21-9-13-23(14-10-21)35-28(32)19-6-11-22(12-7-19)31(33)34;2-1(3,4)5/h1-17H;/q;-1/p+1. The summed E-state index contributed by atoms with van der Waals surface area (Å²) in [5.74, 6) is 0.426. The Kier molecular flexibility index (Phi) is 8.83. The Balaban J connectivity index is 0.000000714. The number of nitrogens with zero attached hydrogens (tertiary/aromatic N) is 1. The van der Waals surface area contributed by atoms with Crippen molar-refractivity contribution in [1.82, 2.24) is 0 Å². The molecule has 0 unspecified atom stereocenters. The topological polar surface area (TPSA) is 96.6 Å². The van der Waals surface area contributed by atoms with Gasteiger partial charge in [0.2, 0.25) is 11.0 Å². The number of carbonyl (C=O) groups is 1. The van der Waals surface area contributed by atoms with Gasteiger partial charge in [0.1, 0.15) is 17.1 Å². The summed E-state index contributed by atoms with van der Waals surface area (Å²) in [6.45, 7) is 0. The highest BCUT2D eigenvalue weighted by atomic mass is 35.5. The fraction of sp³-hybridized carbons (Fsp3) is 0. The van der Waals surface area contributed by atoms with Crippen LogP contribution in [0.1, 0.15) is 10.4 Å². The maximum atomic E-state index is 12.4. The second-order valence-corrected chi connectivity index (χ2v) is 8.81. The van der Waals surface area contributed by atoms with E-state index in [1.54, 1.807) is 30.3 Å². The molecule has 5 rings (SSSR count). The summed E-state index contributed by atoms with van der Waals surface area (Å²) in [7, 11) is -6.00. The number of non-ortho nitro benzene ring substituents is 1. The molecule has 0 fully saturated rings. The molecular weight excluding hydrogens is 567 g/mol. The van der Waals surface area contributed by atoms with Crippen molar-refractivity contribution in [2.24, 2.45) is 0 Å². The van der Waals surface area contributed by atoms with Gasteiger partial charge in [-0.05, 0) is 42.5 Å². The highest BCUT2D eigenvalue weighted by molar-refractivity contribution is 6.50.